The van der Waals surface area contributed by atoms with Gasteiger partial charge in [0, 0.05) is 25.1 Å². The van der Waals surface area contributed by atoms with Crippen LogP contribution in [0.2, 0.25) is 0 Å². The molecule has 1 aromatic rings. The van der Waals surface area contributed by atoms with Gasteiger partial charge in [0.1, 0.15) is 0 Å². The number of hydrogen-bond donors (Lipinski definition) is 0. The summed E-state index contributed by atoms with van der Waals surface area (Å²) < 4.78 is 0. The lowest BCUT2D eigenvalue weighted by atomic mass is 9.87. The van der Waals surface area contributed by atoms with Gasteiger partial charge in [-0.25, -0.2) is 0 Å². The molecule has 2 heterocycles. The first-order valence-corrected chi connectivity index (χ1v) is 4.85. The highest BCUT2D eigenvalue weighted by atomic mass is 16.2. The van der Waals surface area contributed by atoms with Crippen LogP contribution in [0.5, 0.6) is 0 Å². The van der Waals surface area contributed by atoms with Crippen molar-refractivity contribution in [3.05, 3.63) is 24.0 Å². The number of nitrogens with zero attached hydrogens (tertiary/aromatic N) is 2. The van der Waals surface area contributed by atoms with E-state index in [-0.39, 0.29) is 17.7 Å². The number of carbonyl (C=O) groups is 1. The van der Waals surface area contributed by atoms with Crippen molar-refractivity contribution in [2.75, 3.05) is 11.9 Å². The molecule has 0 radical (unpaired) electrons. The maximum atomic E-state index is 11.8. The van der Waals surface area contributed by atoms with Crippen LogP contribution >= 0.6 is 0 Å². The Kier molecular flexibility index (Phi) is 2.02. The van der Waals surface area contributed by atoms with Crippen molar-refractivity contribution in [2.45, 2.75) is 19.8 Å². The lowest BCUT2D eigenvalue weighted by molar-refractivity contribution is -0.122. The SMILES string of the molecule is CC1C(=O)N(C)c2cccnc2C1C. The molecule has 1 aliphatic heterocycles. The normalized spacial score (nSPS) is 26.2. The Hall–Kier alpha value is -1.38. The van der Waals surface area contributed by atoms with Gasteiger partial charge in [0.05, 0.1) is 11.4 Å². The molecular weight excluding hydrogens is 176 g/mol. The molecule has 3 nitrogen and oxygen atoms in total. The zero-order valence-electron chi connectivity index (χ0n) is 8.69. The first-order chi connectivity index (χ1) is 6.63. The summed E-state index contributed by atoms with van der Waals surface area (Å²) >= 11 is 0. The Labute approximate surface area is 83.8 Å². The van der Waals surface area contributed by atoms with Gasteiger partial charge >= 0.3 is 0 Å². The Morgan fingerprint density at radius 1 is 1.36 bits per heavy atom. The van der Waals surface area contributed by atoms with Gasteiger partial charge in [-0.3, -0.25) is 9.78 Å². The van der Waals surface area contributed by atoms with Crippen molar-refractivity contribution in [2.24, 2.45) is 5.92 Å². The van der Waals surface area contributed by atoms with E-state index in [1.165, 1.54) is 0 Å². The Morgan fingerprint density at radius 3 is 2.79 bits per heavy atom. The molecule has 0 saturated carbocycles. The number of anilines is 1. The summed E-state index contributed by atoms with van der Waals surface area (Å²) in [4.78, 5) is 17.8. The highest BCUT2D eigenvalue weighted by molar-refractivity contribution is 5.97. The highest BCUT2D eigenvalue weighted by Gasteiger charge is 2.33. The maximum Gasteiger partial charge on any atom is 0.230 e. The van der Waals surface area contributed by atoms with Crippen molar-refractivity contribution >= 4 is 11.6 Å². The van der Waals surface area contributed by atoms with E-state index in [0.717, 1.165) is 11.4 Å². The minimum absolute atomic E-state index is 0.0300. The van der Waals surface area contributed by atoms with Crippen molar-refractivity contribution in [1.29, 1.82) is 0 Å². The van der Waals surface area contributed by atoms with Gasteiger partial charge in [-0.2, -0.15) is 0 Å². The number of fused-ring (bicyclic) bond motifs is 1. The fraction of sp³-hybridized carbons (Fsp3) is 0.455. The number of aromatic nitrogens is 1. The van der Waals surface area contributed by atoms with Gasteiger partial charge in [0.2, 0.25) is 5.91 Å². The molecule has 2 rings (SSSR count). The smallest absolute Gasteiger partial charge is 0.230 e. The van der Waals surface area contributed by atoms with Gasteiger partial charge in [-0.15, -0.1) is 0 Å². The van der Waals surface area contributed by atoms with Gasteiger partial charge < -0.3 is 4.90 Å². The molecule has 0 aromatic carbocycles. The summed E-state index contributed by atoms with van der Waals surface area (Å²) in [7, 11) is 1.81. The molecule has 1 amide bonds. The first kappa shape index (κ1) is 9.19. The quantitative estimate of drug-likeness (QED) is 0.625. The molecule has 0 spiro atoms. The maximum absolute atomic E-state index is 11.8. The van der Waals surface area contributed by atoms with Crippen LogP contribution in [0.15, 0.2) is 18.3 Å². The first-order valence-electron chi connectivity index (χ1n) is 4.85. The fourth-order valence-electron chi connectivity index (χ4n) is 1.92. The second-order valence-electron chi connectivity index (χ2n) is 3.88. The van der Waals surface area contributed by atoms with Gasteiger partial charge in [-0.1, -0.05) is 13.8 Å². The molecule has 74 valence electrons. The predicted octanol–water partition coefficient (Wildman–Crippen LogP) is 1.80. The van der Waals surface area contributed by atoms with E-state index in [2.05, 4.69) is 11.9 Å². The summed E-state index contributed by atoms with van der Waals surface area (Å²) in [6, 6.07) is 3.81. The number of amides is 1. The number of pyridine rings is 1. The lowest BCUT2D eigenvalue weighted by Crippen LogP contribution is -2.39. The van der Waals surface area contributed by atoms with Crippen LogP contribution in [0, 0.1) is 5.92 Å². The average Bonchev–Trinajstić information content (AvgIpc) is 2.23. The van der Waals surface area contributed by atoms with E-state index in [9.17, 15) is 4.79 Å². The predicted molar refractivity (Wildman–Crippen MR) is 55.2 cm³/mol. The molecule has 2 unspecified atom stereocenters. The zero-order valence-corrected chi connectivity index (χ0v) is 8.69. The molecule has 14 heavy (non-hydrogen) atoms. The fourth-order valence-corrected chi connectivity index (χ4v) is 1.92. The molecule has 1 aromatic heterocycles. The van der Waals surface area contributed by atoms with E-state index in [1.54, 1.807) is 11.1 Å². The lowest BCUT2D eigenvalue weighted by Gasteiger charge is -2.33. The molecular formula is C11H14N2O. The zero-order chi connectivity index (χ0) is 10.3. The third-order valence-electron chi connectivity index (χ3n) is 3.08. The van der Waals surface area contributed by atoms with E-state index in [4.69, 9.17) is 0 Å². The highest BCUT2D eigenvalue weighted by Crippen LogP contribution is 2.36. The Bertz CT molecular complexity index is 375. The van der Waals surface area contributed by atoms with Gasteiger partial charge in [-0.05, 0) is 12.1 Å². The van der Waals surface area contributed by atoms with Crippen molar-refractivity contribution in [1.82, 2.24) is 4.98 Å². The number of hydrogen-bond acceptors (Lipinski definition) is 2. The van der Waals surface area contributed by atoms with Crippen molar-refractivity contribution in [3.63, 3.8) is 0 Å². The summed E-state index contributed by atoms with van der Waals surface area (Å²) in [6.07, 6.45) is 1.78. The monoisotopic (exact) mass is 190 g/mol. The number of rotatable bonds is 0. The molecule has 0 saturated heterocycles. The van der Waals surface area contributed by atoms with E-state index in [0.29, 0.717) is 0 Å². The summed E-state index contributed by atoms with van der Waals surface area (Å²) in [5, 5.41) is 0. The standard InChI is InChI=1S/C11H14N2O/c1-7-8(2)11(14)13(3)9-5-4-6-12-10(7)9/h4-8H,1-3H3. The molecule has 1 aliphatic rings. The summed E-state index contributed by atoms with van der Waals surface area (Å²) in [5.74, 6) is 0.426. The molecule has 0 aliphatic carbocycles. The molecule has 0 fully saturated rings. The molecule has 3 heteroatoms. The number of carbonyl (C=O) groups excluding carboxylic acids is 1. The summed E-state index contributed by atoms with van der Waals surface area (Å²) in [6.45, 7) is 4.02. The Morgan fingerprint density at radius 2 is 2.07 bits per heavy atom. The van der Waals surface area contributed by atoms with Gasteiger partial charge in [0.15, 0.2) is 0 Å². The topological polar surface area (TPSA) is 33.2 Å². The largest absolute Gasteiger partial charge is 0.313 e. The Balaban J connectivity index is 2.56. The minimum Gasteiger partial charge on any atom is -0.313 e. The van der Waals surface area contributed by atoms with Crippen LogP contribution in [0.25, 0.3) is 0 Å². The van der Waals surface area contributed by atoms with E-state index < -0.39 is 0 Å². The summed E-state index contributed by atoms with van der Waals surface area (Å²) in [5.41, 5.74) is 1.98. The molecule has 0 N–H and O–H groups in total. The second-order valence-corrected chi connectivity index (χ2v) is 3.88. The third-order valence-corrected chi connectivity index (χ3v) is 3.08. The molecule has 0 bridgehead atoms. The molecule has 2 atom stereocenters. The van der Waals surface area contributed by atoms with Crippen LogP contribution in [0.3, 0.4) is 0 Å². The van der Waals surface area contributed by atoms with Crippen molar-refractivity contribution in [3.8, 4) is 0 Å². The average molecular weight is 190 g/mol. The van der Waals surface area contributed by atoms with Crippen LogP contribution in [0.4, 0.5) is 5.69 Å². The van der Waals surface area contributed by atoms with Gasteiger partial charge in [0.25, 0.3) is 0 Å². The van der Waals surface area contributed by atoms with Crippen LogP contribution < -0.4 is 4.90 Å². The second kappa shape index (κ2) is 3.08. The van der Waals surface area contributed by atoms with Crippen molar-refractivity contribution < 1.29 is 4.79 Å². The third kappa shape index (κ3) is 1.12. The van der Waals surface area contributed by atoms with Crippen LogP contribution in [0.1, 0.15) is 25.5 Å². The van der Waals surface area contributed by atoms with Crippen LogP contribution in [-0.4, -0.2) is 17.9 Å². The van der Waals surface area contributed by atoms with E-state index >= 15 is 0 Å². The minimum atomic E-state index is 0.0300. The van der Waals surface area contributed by atoms with Crippen LogP contribution in [-0.2, 0) is 4.79 Å². The van der Waals surface area contributed by atoms with E-state index in [1.807, 2.05) is 26.1 Å².